The van der Waals surface area contributed by atoms with E-state index in [4.69, 9.17) is 0 Å². The van der Waals surface area contributed by atoms with Gasteiger partial charge in [0.05, 0.1) is 19.1 Å². The quantitative estimate of drug-likeness (QED) is 0.611. The molecule has 0 amide bonds. The van der Waals surface area contributed by atoms with Gasteiger partial charge in [0, 0.05) is 18.3 Å². The number of ether oxygens (including phenoxy) is 1. The summed E-state index contributed by atoms with van der Waals surface area (Å²) in [4.78, 5) is 11.2. The van der Waals surface area contributed by atoms with Gasteiger partial charge in [0.2, 0.25) is 10.0 Å². The normalized spacial score (nSPS) is 11.3. The lowest BCUT2D eigenvalue weighted by molar-refractivity contribution is -0.137. The van der Waals surface area contributed by atoms with Gasteiger partial charge in [-0.1, -0.05) is 11.8 Å². The molecule has 1 aromatic carbocycles. The Balaban J connectivity index is 2.16. The predicted molar refractivity (Wildman–Crippen MR) is 87.6 cm³/mol. The van der Waals surface area contributed by atoms with Crippen LogP contribution in [-0.4, -0.2) is 48.3 Å². The number of hydrogen-bond acceptors (Lipinski definition) is 7. The summed E-state index contributed by atoms with van der Waals surface area (Å²) in [6.07, 6.45) is 1.09. The highest BCUT2D eigenvalue weighted by Gasteiger charge is 2.13. The number of nitrogens with one attached hydrogen (secondary N) is 1. The molecule has 2 rings (SSSR count). The maximum Gasteiger partial charge on any atom is 0.316 e. The minimum atomic E-state index is -3.31. The second kappa shape index (κ2) is 7.01. The molecule has 1 aromatic heterocycles. The molecule has 0 aliphatic carbocycles. The van der Waals surface area contributed by atoms with Gasteiger partial charge in [-0.15, -0.1) is 10.2 Å². The van der Waals surface area contributed by atoms with Crippen LogP contribution in [0, 0.1) is 0 Å². The molecule has 10 heteroatoms. The topological polar surface area (TPSA) is 103 Å². The van der Waals surface area contributed by atoms with E-state index < -0.39 is 10.0 Å². The zero-order chi connectivity index (χ0) is 17.0. The lowest BCUT2D eigenvalue weighted by atomic mass is 10.2. The molecule has 0 bridgehead atoms. The highest BCUT2D eigenvalue weighted by Crippen LogP contribution is 2.24. The van der Waals surface area contributed by atoms with Crippen LogP contribution in [0.25, 0.3) is 11.4 Å². The van der Waals surface area contributed by atoms with Crippen molar-refractivity contribution in [3.63, 3.8) is 0 Å². The number of hydrogen-bond donors (Lipinski definition) is 1. The number of carbonyl (C=O) groups excluding carboxylic acids is 1. The second-order valence-electron chi connectivity index (χ2n) is 4.68. The number of esters is 1. The van der Waals surface area contributed by atoms with Crippen LogP contribution in [0.1, 0.15) is 0 Å². The van der Waals surface area contributed by atoms with Crippen molar-refractivity contribution in [3.05, 3.63) is 24.3 Å². The van der Waals surface area contributed by atoms with Crippen LogP contribution in [0.4, 0.5) is 5.69 Å². The summed E-state index contributed by atoms with van der Waals surface area (Å²) < 4.78 is 31.1. The summed E-state index contributed by atoms with van der Waals surface area (Å²) in [5.74, 6) is 0.429. The van der Waals surface area contributed by atoms with E-state index in [0.717, 1.165) is 11.8 Å². The van der Waals surface area contributed by atoms with Crippen LogP contribution in [0.3, 0.4) is 0 Å². The molecular weight excluding hydrogens is 340 g/mol. The molecule has 0 saturated heterocycles. The van der Waals surface area contributed by atoms with Crippen molar-refractivity contribution in [3.8, 4) is 11.4 Å². The average molecular weight is 356 g/mol. The number of methoxy groups -OCH3 is 1. The molecular formula is C13H16N4O4S2. The molecule has 2 aromatic rings. The van der Waals surface area contributed by atoms with Gasteiger partial charge in [0.15, 0.2) is 11.0 Å². The molecule has 124 valence electrons. The third-order valence-electron chi connectivity index (χ3n) is 2.83. The summed E-state index contributed by atoms with van der Waals surface area (Å²) in [6.45, 7) is 0. The van der Waals surface area contributed by atoms with Gasteiger partial charge >= 0.3 is 5.97 Å². The average Bonchev–Trinajstić information content (AvgIpc) is 2.85. The zero-order valence-electron chi connectivity index (χ0n) is 12.8. The minimum Gasteiger partial charge on any atom is -0.468 e. The van der Waals surface area contributed by atoms with Gasteiger partial charge in [-0.3, -0.25) is 9.52 Å². The van der Waals surface area contributed by atoms with Crippen LogP contribution in [0.15, 0.2) is 29.4 Å². The largest absolute Gasteiger partial charge is 0.468 e. The SMILES string of the molecule is COC(=O)CSc1nnc(-c2ccc(NS(C)(=O)=O)cc2)n1C. The van der Waals surface area contributed by atoms with Crippen molar-refractivity contribution in [1.29, 1.82) is 0 Å². The minimum absolute atomic E-state index is 0.152. The van der Waals surface area contributed by atoms with Crippen LogP contribution < -0.4 is 4.72 Å². The van der Waals surface area contributed by atoms with Gasteiger partial charge in [-0.05, 0) is 24.3 Å². The molecule has 0 atom stereocenters. The summed E-state index contributed by atoms with van der Waals surface area (Å²) >= 11 is 1.23. The van der Waals surface area contributed by atoms with Crippen LogP contribution in [0.2, 0.25) is 0 Å². The summed E-state index contributed by atoms with van der Waals surface area (Å²) in [5.41, 5.74) is 1.25. The molecule has 0 aliphatic rings. The molecule has 8 nitrogen and oxygen atoms in total. The van der Waals surface area contributed by atoms with Gasteiger partial charge < -0.3 is 9.30 Å². The summed E-state index contributed by atoms with van der Waals surface area (Å²) in [5, 5.41) is 8.72. The van der Waals surface area contributed by atoms with Crippen molar-refractivity contribution >= 4 is 33.4 Å². The number of benzene rings is 1. The molecule has 23 heavy (non-hydrogen) atoms. The van der Waals surface area contributed by atoms with Crippen LogP contribution in [-0.2, 0) is 26.6 Å². The first-order valence-electron chi connectivity index (χ1n) is 6.47. The number of carbonyl (C=O) groups is 1. The van der Waals surface area contributed by atoms with E-state index in [2.05, 4.69) is 19.7 Å². The first-order chi connectivity index (χ1) is 10.8. The van der Waals surface area contributed by atoms with E-state index >= 15 is 0 Å². The van der Waals surface area contributed by atoms with E-state index in [1.54, 1.807) is 35.9 Å². The Morgan fingerprint density at radius 3 is 2.52 bits per heavy atom. The molecule has 0 radical (unpaired) electrons. The highest BCUT2D eigenvalue weighted by molar-refractivity contribution is 7.99. The Morgan fingerprint density at radius 2 is 1.96 bits per heavy atom. The maximum atomic E-state index is 11.2. The van der Waals surface area contributed by atoms with Crippen LogP contribution in [0.5, 0.6) is 0 Å². The third-order valence-corrected chi connectivity index (χ3v) is 4.43. The zero-order valence-corrected chi connectivity index (χ0v) is 14.4. The van der Waals surface area contributed by atoms with E-state index in [1.807, 2.05) is 0 Å². The number of aromatic nitrogens is 3. The fourth-order valence-corrected chi connectivity index (χ4v) is 3.08. The Hall–Kier alpha value is -2.07. The summed E-state index contributed by atoms with van der Waals surface area (Å²) in [6, 6.07) is 6.78. The number of anilines is 1. The first-order valence-corrected chi connectivity index (χ1v) is 9.35. The second-order valence-corrected chi connectivity index (χ2v) is 7.37. The van der Waals surface area contributed by atoms with Crippen molar-refractivity contribution in [2.24, 2.45) is 7.05 Å². The molecule has 1 N–H and O–H groups in total. The van der Waals surface area contributed by atoms with Crippen molar-refractivity contribution in [2.75, 3.05) is 23.8 Å². The predicted octanol–water partition coefficient (Wildman–Crippen LogP) is 1.12. The fraction of sp³-hybridized carbons (Fsp3) is 0.308. The fourth-order valence-electron chi connectivity index (χ4n) is 1.78. The molecule has 0 fully saturated rings. The van der Waals surface area contributed by atoms with E-state index in [1.165, 1.54) is 18.9 Å². The third kappa shape index (κ3) is 4.70. The van der Waals surface area contributed by atoms with Crippen molar-refractivity contribution in [1.82, 2.24) is 14.8 Å². The van der Waals surface area contributed by atoms with Crippen molar-refractivity contribution < 1.29 is 17.9 Å². The lowest BCUT2D eigenvalue weighted by Gasteiger charge is -2.06. The molecule has 0 aliphatic heterocycles. The van der Waals surface area contributed by atoms with Gasteiger partial charge in [-0.25, -0.2) is 8.42 Å². The number of sulfonamides is 1. The van der Waals surface area contributed by atoms with Gasteiger partial charge in [0.1, 0.15) is 0 Å². The van der Waals surface area contributed by atoms with Gasteiger partial charge in [0.25, 0.3) is 0 Å². The number of thioether (sulfide) groups is 1. The Kier molecular flexibility index (Phi) is 5.26. The Morgan fingerprint density at radius 1 is 1.30 bits per heavy atom. The molecule has 1 heterocycles. The van der Waals surface area contributed by atoms with E-state index in [9.17, 15) is 13.2 Å². The monoisotopic (exact) mass is 356 g/mol. The summed E-state index contributed by atoms with van der Waals surface area (Å²) in [7, 11) is -0.187. The highest BCUT2D eigenvalue weighted by atomic mass is 32.2. The Bertz CT molecular complexity index is 800. The lowest BCUT2D eigenvalue weighted by Crippen LogP contribution is -2.09. The molecule has 0 saturated carbocycles. The first kappa shape index (κ1) is 17.3. The van der Waals surface area contributed by atoms with Crippen LogP contribution >= 0.6 is 11.8 Å². The van der Waals surface area contributed by atoms with Crippen molar-refractivity contribution in [2.45, 2.75) is 5.16 Å². The Labute approximate surface area is 138 Å². The smallest absolute Gasteiger partial charge is 0.316 e. The number of nitrogens with zero attached hydrogens (tertiary/aromatic N) is 3. The van der Waals surface area contributed by atoms with E-state index in [-0.39, 0.29) is 11.7 Å². The number of rotatable bonds is 6. The van der Waals surface area contributed by atoms with E-state index in [0.29, 0.717) is 16.7 Å². The molecule has 0 spiro atoms. The van der Waals surface area contributed by atoms with Gasteiger partial charge in [-0.2, -0.15) is 0 Å². The maximum absolute atomic E-state index is 11.2. The standard InChI is InChI=1S/C13H16N4O4S2/c1-17-12(14-15-13(17)22-8-11(18)21-2)9-4-6-10(7-5-9)16-23(3,19)20/h4-7,16H,8H2,1-3H3. The molecule has 0 unspecified atom stereocenters.